The lowest BCUT2D eigenvalue weighted by Crippen LogP contribution is -2.01. The van der Waals surface area contributed by atoms with Crippen LogP contribution in [0.4, 0.5) is 0 Å². The Hall–Kier alpha value is -1.09. The van der Waals surface area contributed by atoms with Crippen LogP contribution in [0.15, 0.2) is 24.8 Å². The molecule has 1 aliphatic rings. The maximum Gasteiger partial charge on any atom is 0.330 e. The molecule has 0 aliphatic carbocycles. The summed E-state index contributed by atoms with van der Waals surface area (Å²) in [6.07, 6.45) is 21.5. The number of hydrogen-bond donors (Lipinski definition) is 0. The quantitative estimate of drug-likeness (QED) is 0.119. The first kappa shape index (κ1) is 21.0. The Morgan fingerprint density at radius 2 is 1.75 bits per heavy atom. The summed E-state index contributed by atoms with van der Waals surface area (Å²) in [5.41, 5.74) is 0. The van der Waals surface area contributed by atoms with E-state index in [0.717, 1.165) is 19.3 Å². The molecule has 2 atom stereocenters. The fraction of sp³-hybridized carbons (Fsp3) is 0.762. The highest BCUT2D eigenvalue weighted by atomic mass is 16.6. The molecule has 0 bridgehead atoms. The second kappa shape index (κ2) is 14.3. The van der Waals surface area contributed by atoms with Gasteiger partial charge in [-0.15, -0.1) is 0 Å². The van der Waals surface area contributed by atoms with Gasteiger partial charge in [0.1, 0.15) is 0 Å². The summed E-state index contributed by atoms with van der Waals surface area (Å²) in [7, 11) is 0. The molecular weight excluding hydrogens is 300 g/mol. The van der Waals surface area contributed by atoms with E-state index < -0.39 is 0 Å². The van der Waals surface area contributed by atoms with Gasteiger partial charge in [-0.05, 0) is 32.1 Å². The van der Waals surface area contributed by atoms with Gasteiger partial charge >= 0.3 is 5.97 Å². The summed E-state index contributed by atoms with van der Waals surface area (Å²) in [6.45, 7) is 6.14. The molecule has 0 N–H and O–H groups in total. The largest absolute Gasteiger partial charge is 0.463 e. The molecule has 0 aromatic heterocycles. The van der Waals surface area contributed by atoms with E-state index in [9.17, 15) is 4.79 Å². The smallest absolute Gasteiger partial charge is 0.330 e. The van der Waals surface area contributed by atoms with Crippen molar-refractivity contribution in [2.24, 2.45) is 0 Å². The highest BCUT2D eigenvalue weighted by Crippen LogP contribution is 2.30. The summed E-state index contributed by atoms with van der Waals surface area (Å²) in [6, 6.07) is 0. The van der Waals surface area contributed by atoms with Gasteiger partial charge in [0.15, 0.2) is 0 Å². The van der Waals surface area contributed by atoms with Gasteiger partial charge in [-0.3, -0.25) is 0 Å². The van der Waals surface area contributed by atoms with Crippen LogP contribution in [0.1, 0.15) is 84.0 Å². The molecule has 138 valence electrons. The molecule has 0 unspecified atom stereocenters. The minimum atomic E-state index is -0.314. The van der Waals surface area contributed by atoms with E-state index in [-0.39, 0.29) is 5.97 Å². The monoisotopic (exact) mass is 336 g/mol. The zero-order valence-corrected chi connectivity index (χ0v) is 15.5. The highest BCUT2D eigenvalue weighted by Gasteiger charge is 2.36. The van der Waals surface area contributed by atoms with E-state index in [1.54, 1.807) is 0 Å². The number of epoxide rings is 1. The van der Waals surface area contributed by atoms with Gasteiger partial charge < -0.3 is 9.47 Å². The van der Waals surface area contributed by atoms with Gasteiger partial charge in [-0.2, -0.15) is 0 Å². The Bertz CT molecular complexity index is 362. The number of esters is 1. The molecule has 0 radical (unpaired) electrons. The number of carbonyl (C=O) groups is 1. The Kier molecular flexibility index (Phi) is 12.5. The lowest BCUT2D eigenvalue weighted by Gasteiger charge is -2.02. The first-order valence-corrected chi connectivity index (χ1v) is 9.87. The molecule has 1 heterocycles. The number of hydrogen-bond acceptors (Lipinski definition) is 3. The molecule has 0 spiro atoms. The lowest BCUT2D eigenvalue weighted by molar-refractivity contribution is -0.137. The number of allylic oxidation sites excluding steroid dienone is 1. The third-order valence-electron chi connectivity index (χ3n) is 4.49. The molecule has 1 saturated heterocycles. The van der Waals surface area contributed by atoms with Crippen LogP contribution in [0.25, 0.3) is 0 Å². The minimum Gasteiger partial charge on any atom is -0.463 e. The van der Waals surface area contributed by atoms with E-state index in [1.165, 1.54) is 63.9 Å². The van der Waals surface area contributed by atoms with E-state index in [4.69, 9.17) is 9.47 Å². The van der Waals surface area contributed by atoms with Crippen molar-refractivity contribution in [3.05, 3.63) is 24.8 Å². The molecule has 0 amide bonds. The summed E-state index contributed by atoms with van der Waals surface area (Å²) in [5, 5.41) is 0. The van der Waals surface area contributed by atoms with Crippen molar-refractivity contribution in [2.45, 2.75) is 96.2 Å². The minimum absolute atomic E-state index is 0.314. The van der Waals surface area contributed by atoms with Gasteiger partial charge in [-0.25, -0.2) is 4.79 Å². The Labute approximate surface area is 148 Å². The van der Waals surface area contributed by atoms with Crippen molar-refractivity contribution >= 4 is 5.97 Å². The molecule has 1 rings (SSSR count). The third kappa shape index (κ3) is 11.4. The third-order valence-corrected chi connectivity index (χ3v) is 4.49. The zero-order chi connectivity index (χ0) is 17.5. The van der Waals surface area contributed by atoms with Gasteiger partial charge in [-0.1, -0.05) is 70.6 Å². The average Bonchev–Trinajstić information content (AvgIpc) is 3.34. The Morgan fingerprint density at radius 3 is 2.50 bits per heavy atom. The van der Waals surface area contributed by atoms with Gasteiger partial charge in [0.05, 0.1) is 18.8 Å². The van der Waals surface area contributed by atoms with Gasteiger partial charge in [0.25, 0.3) is 0 Å². The van der Waals surface area contributed by atoms with Crippen molar-refractivity contribution in [1.82, 2.24) is 0 Å². The maximum absolute atomic E-state index is 10.8. The second-order valence-corrected chi connectivity index (χ2v) is 6.70. The van der Waals surface area contributed by atoms with E-state index in [0.29, 0.717) is 18.8 Å². The predicted molar refractivity (Wildman–Crippen MR) is 100 cm³/mol. The van der Waals surface area contributed by atoms with Crippen molar-refractivity contribution < 1.29 is 14.3 Å². The van der Waals surface area contributed by atoms with Crippen LogP contribution in [0, 0.1) is 0 Å². The molecule has 0 aromatic rings. The Balaban J connectivity index is 1.78. The van der Waals surface area contributed by atoms with Crippen molar-refractivity contribution in [1.29, 1.82) is 0 Å². The molecule has 0 saturated carbocycles. The summed E-state index contributed by atoms with van der Waals surface area (Å²) in [5.74, 6) is -0.314. The van der Waals surface area contributed by atoms with E-state index >= 15 is 0 Å². The number of rotatable bonds is 16. The fourth-order valence-corrected chi connectivity index (χ4v) is 2.89. The fourth-order valence-electron chi connectivity index (χ4n) is 2.89. The van der Waals surface area contributed by atoms with Crippen LogP contribution in [-0.2, 0) is 14.3 Å². The maximum atomic E-state index is 10.8. The number of unbranched alkanes of at least 4 members (excludes halogenated alkanes) is 8. The van der Waals surface area contributed by atoms with Crippen LogP contribution in [0.2, 0.25) is 0 Å². The normalized spacial score (nSPS) is 19.5. The first-order valence-electron chi connectivity index (χ1n) is 9.87. The van der Waals surface area contributed by atoms with E-state index in [2.05, 4.69) is 25.7 Å². The highest BCUT2D eigenvalue weighted by molar-refractivity contribution is 5.81. The van der Waals surface area contributed by atoms with Crippen molar-refractivity contribution in [3.63, 3.8) is 0 Å². The number of carbonyl (C=O) groups excluding carboxylic acids is 1. The predicted octanol–water partition coefficient (Wildman–Crippen LogP) is 5.74. The molecule has 3 nitrogen and oxygen atoms in total. The van der Waals surface area contributed by atoms with Crippen LogP contribution in [-0.4, -0.2) is 24.8 Å². The van der Waals surface area contributed by atoms with Crippen LogP contribution in [0.3, 0.4) is 0 Å². The summed E-state index contributed by atoms with van der Waals surface area (Å²) >= 11 is 0. The van der Waals surface area contributed by atoms with Crippen LogP contribution >= 0.6 is 0 Å². The van der Waals surface area contributed by atoms with Crippen LogP contribution in [0.5, 0.6) is 0 Å². The molecule has 1 aliphatic heterocycles. The van der Waals surface area contributed by atoms with Crippen molar-refractivity contribution in [3.8, 4) is 0 Å². The molecule has 24 heavy (non-hydrogen) atoms. The van der Waals surface area contributed by atoms with Gasteiger partial charge in [0, 0.05) is 6.08 Å². The molecule has 0 aromatic carbocycles. The summed E-state index contributed by atoms with van der Waals surface area (Å²) in [4.78, 5) is 10.8. The first-order chi connectivity index (χ1) is 11.8. The topological polar surface area (TPSA) is 38.8 Å². The lowest BCUT2D eigenvalue weighted by atomic mass is 10.1. The van der Waals surface area contributed by atoms with Gasteiger partial charge in [0.2, 0.25) is 0 Å². The number of ether oxygens (including phenoxy) is 2. The molecular formula is C21H36O3. The Morgan fingerprint density at radius 1 is 1.00 bits per heavy atom. The van der Waals surface area contributed by atoms with Crippen molar-refractivity contribution in [2.75, 3.05) is 6.61 Å². The SMILES string of the molecule is C=CC(=O)OCCCCCCCCC=CC[C@@H]1O[C@@H]1CCCCC. The van der Waals surface area contributed by atoms with Crippen LogP contribution < -0.4 is 0 Å². The van der Waals surface area contributed by atoms with E-state index in [1.807, 2.05) is 0 Å². The summed E-state index contributed by atoms with van der Waals surface area (Å²) < 4.78 is 10.6. The standard InChI is InChI=1S/C21H36O3/c1-3-5-13-16-19-20(24-19)17-14-11-9-7-6-8-10-12-15-18-23-21(22)4-2/h4,11,14,19-20H,2-3,5-10,12-13,15-18H2,1H3/t19-,20+/m1/s1. The zero-order valence-electron chi connectivity index (χ0n) is 15.5. The second-order valence-electron chi connectivity index (χ2n) is 6.70. The average molecular weight is 337 g/mol. The molecule has 1 fully saturated rings. The molecule has 3 heteroatoms.